The average molecular weight is 731 g/mol. The Morgan fingerprint density at radius 2 is 1.89 bits per heavy atom. The topological polar surface area (TPSA) is 180 Å². The molecular formula is C38H55BN8O6. The van der Waals surface area contributed by atoms with Crippen molar-refractivity contribution in [1.82, 2.24) is 35.4 Å². The van der Waals surface area contributed by atoms with Crippen molar-refractivity contribution in [2.75, 3.05) is 25.9 Å². The number of H-pyrrole nitrogens is 1. The zero-order chi connectivity index (χ0) is 38.5. The number of aryl methyl sites for hydroxylation is 1. The van der Waals surface area contributed by atoms with E-state index in [9.17, 15) is 14.4 Å². The number of amides is 1. The number of aromatic nitrogens is 5. The highest BCUT2D eigenvalue weighted by Crippen LogP contribution is 2.41. The lowest BCUT2D eigenvalue weighted by atomic mass is 9.62. The molecule has 14 nitrogen and oxygen atoms in total. The number of ether oxygens (including phenoxy) is 3. The summed E-state index contributed by atoms with van der Waals surface area (Å²) in [6.07, 6.45) is 6.19. The van der Waals surface area contributed by atoms with Crippen molar-refractivity contribution in [3.8, 4) is 11.3 Å². The van der Waals surface area contributed by atoms with Crippen LogP contribution < -0.4 is 11.1 Å². The molecule has 53 heavy (non-hydrogen) atoms. The summed E-state index contributed by atoms with van der Waals surface area (Å²) in [5.41, 5.74) is 6.83. The number of aromatic amines is 1. The van der Waals surface area contributed by atoms with Gasteiger partial charge in [-0.3, -0.25) is 24.3 Å². The molecule has 2 aliphatic rings. The highest BCUT2D eigenvalue weighted by atomic mass is 16.6. The van der Waals surface area contributed by atoms with Gasteiger partial charge in [0.1, 0.15) is 23.5 Å². The van der Waals surface area contributed by atoms with Crippen LogP contribution >= 0.6 is 0 Å². The van der Waals surface area contributed by atoms with Gasteiger partial charge in [0.05, 0.1) is 31.9 Å². The number of fused-ring (bicyclic) bond motifs is 1. The molecule has 9 atom stereocenters. The molecular weight excluding hydrogens is 675 g/mol. The molecule has 2 aliphatic heterocycles. The van der Waals surface area contributed by atoms with Gasteiger partial charge in [-0.15, -0.1) is 5.10 Å². The molecule has 1 aromatic carbocycles. The second-order valence-corrected chi connectivity index (χ2v) is 15.3. The summed E-state index contributed by atoms with van der Waals surface area (Å²) in [4.78, 5) is 43.9. The Labute approximate surface area is 313 Å². The van der Waals surface area contributed by atoms with E-state index < -0.39 is 53.1 Å². The average Bonchev–Trinajstić information content (AvgIpc) is 3.89. The minimum Gasteiger partial charge on any atom is -0.457 e. The van der Waals surface area contributed by atoms with E-state index in [4.69, 9.17) is 27.8 Å². The Hall–Kier alpha value is -4.24. The number of methoxy groups -OCH3 is 1. The molecule has 2 aromatic heterocycles. The lowest BCUT2D eigenvalue weighted by Crippen LogP contribution is -2.61. The number of carbonyl (C=O) groups is 3. The first-order valence-corrected chi connectivity index (χ1v) is 18.7. The minimum absolute atomic E-state index is 0.0818. The van der Waals surface area contributed by atoms with Crippen molar-refractivity contribution in [2.45, 2.75) is 115 Å². The van der Waals surface area contributed by atoms with Gasteiger partial charge in [0.15, 0.2) is 5.60 Å². The van der Waals surface area contributed by atoms with Gasteiger partial charge in [-0.2, -0.15) is 5.10 Å². The molecule has 15 heteroatoms. The van der Waals surface area contributed by atoms with Gasteiger partial charge in [0, 0.05) is 49.6 Å². The van der Waals surface area contributed by atoms with E-state index in [0.717, 1.165) is 17.7 Å². The lowest BCUT2D eigenvalue weighted by Gasteiger charge is -2.41. The van der Waals surface area contributed by atoms with Gasteiger partial charge in [-0.1, -0.05) is 38.1 Å². The van der Waals surface area contributed by atoms with Crippen molar-refractivity contribution >= 4 is 31.4 Å². The number of ketones is 1. The maximum Gasteiger partial charge on any atom is 0.410 e. The zero-order valence-electron chi connectivity index (χ0n) is 32.1. The van der Waals surface area contributed by atoms with E-state index in [0.29, 0.717) is 50.1 Å². The zero-order valence-corrected chi connectivity index (χ0v) is 32.1. The number of nitrogen functional groups attached to an aromatic ring is 1. The van der Waals surface area contributed by atoms with Crippen molar-refractivity contribution in [1.29, 1.82) is 0 Å². The van der Waals surface area contributed by atoms with Gasteiger partial charge in [0.25, 0.3) is 0 Å². The van der Waals surface area contributed by atoms with E-state index in [1.54, 1.807) is 36.0 Å². The summed E-state index contributed by atoms with van der Waals surface area (Å²) in [6, 6.07) is 6.75. The highest BCUT2D eigenvalue weighted by molar-refractivity contribution is 6.15. The summed E-state index contributed by atoms with van der Waals surface area (Å²) < 4.78 is 20.3. The van der Waals surface area contributed by atoms with E-state index >= 15 is 0 Å². The van der Waals surface area contributed by atoms with E-state index in [1.165, 1.54) is 0 Å². The molecule has 4 N–H and O–H groups in total. The summed E-state index contributed by atoms with van der Waals surface area (Å²) in [7, 11) is 8.41. The quantitative estimate of drug-likeness (QED) is 0.0887. The monoisotopic (exact) mass is 730 g/mol. The number of nitrogens with two attached hydrogens (primary N) is 1. The van der Waals surface area contributed by atoms with E-state index in [1.807, 2.05) is 58.2 Å². The number of benzene rings is 1. The Balaban J connectivity index is 1.39. The smallest absolute Gasteiger partial charge is 0.410 e. The largest absolute Gasteiger partial charge is 0.457 e. The first kappa shape index (κ1) is 40.0. The van der Waals surface area contributed by atoms with Crippen LogP contribution in [0.4, 0.5) is 10.5 Å². The third-order valence-corrected chi connectivity index (χ3v) is 11.3. The summed E-state index contributed by atoms with van der Waals surface area (Å²) in [5.74, 6) is -3.52. The highest BCUT2D eigenvalue weighted by Gasteiger charge is 2.58. The Bertz CT molecular complexity index is 1700. The molecule has 0 saturated carbocycles. The lowest BCUT2D eigenvalue weighted by molar-refractivity contribution is -0.171. The number of unbranched alkanes of at least 4 members (excludes halogenated alkanes) is 1. The summed E-state index contributed by atoms with van der Waals surface area (Å²) >= 11 is 0. The fourth-order valence-electron chi connectivity index (χ4n) is 8.17. The van der Waals surface area contributed by atoms with Crippen molar-refractivity contribution in [3.63, 3.8) is 0 Å². The standard InChI is InChI=1S/C38H55BN8O6/c1-8-31-38(6)34(47(36(50)53-38)15-10-9-14-46-22-30(44-45-46)27-12-11-13-28(40)17-27)25(4)41-19-23(2)18-37(5,51-7)33(39)24(3)32(48)29(35(49)52-31)16-26-20-42-43-21-26/h11-13,17,20-25,29,31,33-34,41H,8-10,14-16,18-19,40H2,1-7H3,(H,42,43)/t23-,24+,25-,29-,31-,33-,34-,37-,38-/m1/s1. The Kier molecular flexibility index (Phi) is 12.7. The Morgan fingerprint density at radius 1 is 1.13 bits per heavy atom. The predicted octanol–water partition coefficient (Wildman–Crippen LogP) is 4.38. The van der Waals surface area contributed by atoms with Crippen molar-refractivity contribution < 1.29 is 28.6 Å². The van der Waals surface area contributed by atoms with Gasteiger partial charge in [0.2, 0.25) is 0 Å². The number of rotatable bonds is 10. The maximum atomic E-state index is 14.2. The normalized spacial score (nSPS) is 31.7. The third-order valence-electron chi connectivity index (χ3n) is 11.3. The molecule has 0 aliphatic carbocycles. The SMILES string of the molecule is [B][C@@H]1[C@@H](C)C(=O)[C@@H](Cc2cn[nH]c2)C(=O)O[C@H](CC)[C@@]2(C)OC(=O)N(CCCCn3cc(-c4cccc(N)c4)nn3)[C@@H]2[C@@H](C)NC[C@H](C)C[C@@]1(C)OC. The first-order chi connectivity index (χ1) is 25.2. The summed E-state index contributed by atoms with van der Waals surface area (Å²) in [5, 5.41) is 19.0. The number of nitrogens with one attached hydrogen (secondary N) is 2. The molecule has 2 saturated heterocycles. The number of cyclic esters (lactones) is 1. The van der Waals surface area contributed by atoms with Crippen LogP contribution in [0.25, 0.3) is 11.3 Å². The van der Waals surface area contributed by atoms with Gasteiger partial charge in [-0.25, -0.2) is 4.79 Å². The van der Waals surface area contributed by atoms with Crippen LogP contribution in [0.3, 0.4) is 0 Å². The molecule has 286 valence electrons. The van der Waals surface area contributed by atoms with Crippen LogP contribution in [-0.4, -0.2) is 105 Å². The fraction of sp³-hybridized carbons (Fsp3) is 0.632. The molecule has 0 bridgehead atoms. The molecule has 1 amide bonds. The van der Waals surface area contributed by atoms with E-state index in [2.05, 4.69) is 32.7 Å². The molecule has 2 radical (unpaired) electrons. The van der Waals surface area contributed by atoms with Crippen LogP contribution in [0, 0.1) is 17.8 Å². The van der Waals surface area contributed by atoms with Gasteiger partial charge in [-0.05, 0) is 88.9 Å². The number of nitrogens with zero attached hydrogens (tertiary/aromatic N) is 5. The van der Waals surface area contributed by atoms with Crippen LogP contribution in [0.5, 0.6) is 0 Å². The first-order valence-electron chi connectivity index (χ1n) is 18.7. The number of hydrogen-bond donors (Lipinski definition) is 3. The molecule has 4 heterocycles. The number of esters is 1. The second kappa shape index (κ2) is 16.8. The second-order valence-electron chi connectivity index (χ2n) is 15.3. The van der Waals surface area contributed by atoms with Gasteiger partial charge < -0.3 is 25.3 Å². The minimum atomic E-state index is -1.22. The molecule has 5 rings (SSSR count). The molecule has 0 spiro atoms. The maximum absolute atomic E-state index is 14.2. The number of carbonyl (C=O) groups excluding carboxylic acids is 3. The number of Topliss-reactive ketones (excluding diaryl/α,β-unsaturated/α-hetero) is 1. The van der Waals surface area contributed by atoms with Crippen LogP contribution in [0.1, 0.15) is 72.8 Å². The summed E-state index contributed by atoms with van der Waals surface area (Å²) in [6.45, 7) is 13.1. The molecule has 0 unspecified atom stereocenters. The fourth-order valence-corrected chi connectivity index (χ4v) is 8.17. The Morgan fingerprint density at radius 3 is 2.57 bits per heavy atom. The third kappa shape index (κ3) is 8.78. The van der Waals surface area contributed by atoms with E-state index in [-0.39, 0.29) is 24.2 Å². The number of hydrogen-bond acceptors (Lipinski definition) is 11. The van der Waals surface area contributed by atoms with Crippen LogP contribution in [-0.2, 0) is 36.8 Å². The molecule has 2 fully saturated rings. The number of anilines is 1. The van der Waals surface area contributed by atoms with Crippen LogP contribution in [0.2, 0.25) is 5.82 Å². The van der Waals surface area contributed by atoms with Crippen molar-refractivity contribution in [2.24, 2.45) is 17.8 Å². The van der Waals surface area contributed by atoms with Gasteiger partial charge >= 0.3 is 12.1 Å². The predicted molar refractivity (Wildman–Crippen MR) is 201 cm³/mol. The van der Waals surface area contributed by atoms with Crippen molar-refractivity contribution in [3.05, 3.63) is 48.4 Å². The molecule has 3 aromatic rings. The van der Waals surface area contributed by atoms with Crippen LogP contribution in [0.15, 0.2) is 42.9 Å².